The van der Waals surface area contributed by atoms with Crippen molar-refractivity contribution in [1.29, 1.82) is 5.26 Å². The molecule has 2 aromatic heterocycles. The monoisotopic (exact) mass is 441 g/mol. The third-order valence-electron chi connectivity index (χ3n) is 5.07. The van der Waals surface area contributed by atoms with E-state index in [9.17, 15) is 10.1 Å². The van der Waals surface area contributed by atoms with E-state index in [1.54, 1.807) is 4.68 Å². The molecule has 4 aromatic rings. The number of aromatic nitrogens is 4. The lowest BCUT2D eigenvalue weighted by molar-refractivity contribution is -0.121. The molecule has 0 unspecified atom stereocenters. The van der Waals surface area contributed by atoms with Crippen molar-refractivity contribution in [3.8, 4) is 23.2 Å². The molecular weight excluding hydrogens is 418 g/mol. The Morgan fingerprint density at radius 3 is 2.52 bits per heavy atom. The Morgan fingerprint density at radius 2 is 1.79 bits per heavy atom. The van der Waals surface area contributed by atoms with Gasteiger partial charge in [0, 0.05) is 24.9 Å². The average Bonchev–Trinajstić information content (AvgIpc) is 3.46. The average molecular weight is 441 g/mol. The molecule has 0 bridgehead atoms. The highest BCUT2D eigenvalue weighted by molar-refractivity contribution is 5.76. The van der Waals surface area contributed by atoms with E-state index >= 15 is 0 Å². The van der Waals surface area contributed by atoms with Gasteiger partial charge in [0.2, 0.25) is 17.7 Å². The molecule has 9 heteroatoms. The number of nitrogen functional groups attached to an aromatic ring is 1. The molecule has 9 nitrogen and oxygen atoms in total. The fourth-order valence-corrected chi connectivity index (χ4v) is 3.39. The lowest BCUT2D eigenvalue weighted by Gasteiger charge is -2.04. The summed E-state index contributed by atoms with van der Waals surface area (Å²) >= 11 is 0. The summed E-state index contributed by atoms with van der Waals surface area (Å²) < 4.78 is 7.19. The van der Waals surface area contributed by atoms with Crippen LogP contribution >= 0.6 is 0 Å². The highest BCUT2D eigenvalue weighted by Crippen LogP contribution is 2.21. The lowest BCUT2D eigenvalue weighted by Crippen LogP contribution is -2.25. The summed E-state index contributed by atoms with van der Waals surface area (Å²) in [6.07, 6.45) is 1.76. The van der Waals surface area contributed by atoms with Gasteiger partial charge in [-0.3, -0.25) is 4.79 Å². The molecule has 0 aliphatic carbocycles. The molecule has 166 valence electrons. The molecule has 2 aromatic carbocycles. The van der Waals surface area contributed by atoms with E-state index in [0.29, 0.717) is 54.7 Å². The number of benzene rings is 2. The van der Waals surface area contributed by atoms with Gasteiger partial charge in [-0.25, -0.2) is 4.68 Å². The van der Waals surface area contributed by atoms with Crippen LogP contribution in [0, 0.1) is 11.3 Å². The van der Waals surface area contributed by atoms with E-state index in [-0.39, 0.29) is 12.3 Å². The van der Waals surface area contributed by atoms with E-state index in [2.05, 4.69) is 26.7 Å². The molecule has 0 radical (unpaired) electrons. The van der Waals surface area contributed by atoms with Crippen LogP contribution in [-0.4, -0.2) is 32.4 Å². The molecule has 0 atom stereocenters. The standard InChI is InChI=1S/C24H23N7O2/c25-16-19-20(30-31(23(19)26)18-10-5-2-6-11-18)12-7-15-27-21(32)13-14-22-28-29-24(33-22)17-8-3-1-4-9-17/h1-6,8-11H,7,12-15,26H2,(H,27,32). The first-order chi connectivity index (χ1) is 16.2. The summed E-state index contributed by atoms with van der Waals surface area (Å²) in [5.41, 5.74) is 8.74. The third kappa shape index (κ3) is 5.25. The number of amides is 1. The number of nitrogens with zero attached hydrogens (tertiary/aromatic N) is 5. The lowest BCUT2D eigenvalue weighted by atomic mass is 10.1. The minimum atomic E-state index is -0.107. The molecule has 4 rings (SSSR count). The molecule has 0 saturated heterocycles. The fourth-order valence-electron chi connectivity index (χ4n) is 3.39. The zero-order chi connectivity index (χ0) is 23.0. The first-order valence-electron chi connectivity index (χ1n) is 10.6. The van der Waals surface area contributed by atoms with Gasteiger partial charge in [0.25, 0.3) is 0 Å². The zero-order valence-corrected chi connectivity index (χ0v) is 17.9. The van der Waals surface area contributed by atoms with Crippen LogP contribution in [0.15, 0.2) is 65.1 Å². The second-order valence-electron chi connectivity index (χ2n) is 7.39. The van der Waals surface area contributed by atoms with Gasteiger partial charge < -0.3 is 15.5 Å². The number of nitriles is 1. The highest BCUT2D eigenvalue weighted by atomic mass is 16.4. The fraction of sp³-hybridized carbons (Fsp3) is 0.208. The SMILES string of the molecule is N#Cc1c(CCCNC(=O)CCc2nnc(-c3ccccc3)o2)nn(-c2ccccc2)c1N. The van der Waals surface area contributed by atoms with Crippen molar-refractivity contribution < 1.29 is 9.21 Å². The van der Waals surface area contributed by atoms with Gasteiger partial charge in [-0.2, -0.15) is 10.4 Å². The Morgan fingerprint density at radius 1 is 1.06 bits per heavy atom. The Kier molecular flexibility index (Phi) is 6.75. The van der Waals surface area contributed by atoms with Crippen LogP contribution in [0.4, 0.5) is 5.82 Å². The van der Waals surface area contributed by atoms with Gasteiger partial charge in [-0.05, 0) is 37.1 Å². The van der Waals surface area contributed by atoms with Crippen LogP contribution in [0.25, 0.3) is 17.1 Å². The Labute approximate surface area is 190 Å². The summed E-state index contributed by atoms with van der Waals surface area (Å²) in [4.78, 5) is 12.2. The van der Waals surface area contributed by atoms with Crippen LogP contribution in [0.1, 0.15) is 30.0 Å². The molecular formula is C24H23N7O2. The molecule has 33 heavy (non-hydrogen) atoms. The number of nitrogens with two attached hydrogens (primary N) is 1. The molecule has 0 aliphatic rings. The predicted octanol–water partition coefficient (Wildman–Crippen LogP) is 3.06. The number of carbonyl (C=O) groups excluding carboxylic acids is 1. The maximum absolute atomic E-state index is 12.2. The van der Waals surface area contributed by atoms with Crippen molar-refractivity contribution in [1.82, 2.24) is 25.3 Å². The second kappa shape index (κ2) is 10.2. The summed E-state index contributed by atoms with van der Waals surface area (Å²) in [6, 6.07) is 21.0. The summed E-state index contributed by atoms with van der Waals surface area (Å²) in [5.74, 6) is 1.07. The quantitative estimate of drug-likeness (QED) is 0.381. The van der Waals surface area contributed by atoms with Crippen LogP contribution in [0.3, 0.4) is 0 Å². The second-order valence-corrected chi connectivity index (χ2v) is 7.39. The van der Waals surface area contributed by atoms with Gasteiger partial charge >= 0.3 is 0 Å². The minimum absolute atomic E-state index is 0.107. The van der Waals surface area contributed by atoms with Crippen LogP contribution in [0.2, 0.25) is 0 Å². The van der Waals surface area contributed by atoms with E-state index in [1.165, 1.54) is 0 Å². The number of anilines is 1. The molecule has 3 N–H and O–H groups in total. The molecule has 1 amide bonds. The van der Waals surface area contributed by atoms with Crippen molar-refractivity contribution in [2.75, 3.05) is 12.3 Å². The van der Waals surface area contributed by atoms with Crippen LogP contribution in [0.5, 0.6) is 0 Å². The van der Waals surface area contributed by atoms with E-state index in [4.69, 9.17) is 10.2 Å². The number of rotatable bonds is 9. The summed E-state index contributed by atoms with van der Waals surface area (Å²) in [5, 5.41) is 24.9. The number of para-hydroxylation sites is 1. The van der Waals surface area contributed by atoms with Gasteiger partial charge in [0.1, 0.15) is 17.5 Å². The van der Waals surface area contributed by atoms with Gasteiger partial charge in [0.15, 0.2) is 0 Å². The maximum atomic E-state index is 12.2. The molecule has 0 fully saturated rings. The third-order valence-corrected chi connectivity index (χ3v) is 5.07. The Bertz CT molecular complexity index is 1260. The minimum Gasteiger partial charge on any atom is -0.421 e. The number of hydrogen-bond donors (Lipinski definition) is 2. The smallest absolute Gasteiger partial charge is 0.247 e. The molecule has 0 spiro atoms. The Hall–Kier alpha value is -4.45. The number of hydrogen-bond acceptors (Lipinski definition) is 7. The maximum Gasteiger partial charge on any atom is 0.247 e. The largest absolute Gasteiger partial charge is 0.421 e. The number of nitrogens with one attached hydrogen (secondary N) is 1. The first-order valence-corrected chi connectivity index (χ1v) is 10.6. The first kappa shape index (κ1) is 21.8. The number of carbonyl (C=O) groups is 1. The van der Waals surface area contributed by atoms with Crippen molar-refractivity contribution in [2.24, 2.45) is 0 Å². The molecule has 2 heterocycles. The Balaban J connectivity index is 1.25. The predicted molar refractivity (Wildman–Crippen MR) is 122 cm³/mol. The van der Waals surface area contributed by atoms with Gasteiger partial charge in [0.05, 0.1) is 11.4 Å². The normalized spacial score (nSPS) is 10.6. The van der Waals surface area contributed by atoms with E-state index < -0.39 is 0 Å². The van der Waals surface area contributed by atoms with Crippen molar-refractivity contribution in [3.63, 3.8) is 0 Å². The van der Waals surface area contributed by atoms with E-state index in [0.717, 1.165) is 11.3 Å². The van der Waals surface area contributed by atoms with Crippen LogP contribution in [-0.2, 0) is 17.6 Å². The molecule has 0 saturated carbocycles. The zero-order valence-electron chi connectivity index (χ0n) is 17.9. The topological polar surface area (TPSA) is 136 Å². The highest BCUT2D eigenvalue weighted by Gasteiger charge is 2.16. The molecule has 0 aliphatic heterocycles. The van der Waals surface area contributed by atoms with Gasteiger partial charge in [-0.15, -0.1) is 10.2 Å². The van der Waals surface area contributed by atoms with Gasteiger partial charge in [-0.1, -0.05) is 36.4 Å². The van der Waals surface area contributed by atoms with Crippen molar-refractivity contribution >= 4 is 11.7 Å². The summed E-state index contributed by atoms with van der Waals surface area (Å²) in [6.45, 7) is 0.459. The van der Waals surface area contributed by atoms with Crippen LogP contribution < -0.4 is 11.1 Å². The van der Waals surface area contributed by atoms with Crippen molar-refractivity contribution in [2.45, 2.75) is 25.7 Å². The van der Waals surface area contributed by atoms with Crippen molar-refractivity contribution in [3.05, 3.63) is 77.8 Å². The number of aryl methyl sites for hydroxylation is 2. The van der Waals surface area contributed by atoms with E-state index in [1.807, 2.05) is 60.7 Å². The summed E-state index contributed by atoms with van der Waals surface area (Å²) in [7, 11) is 0.